The average molecular weight is 365 g/mol. The molecule has 2 N–H and O–H groups in total. The molecule has 0 fully saturated rings. The number of nitrogens with one attached hydrogen (secondary N) is 2. The summed E-state index contributed by atoms with van der Waals surface area (Å²) in [5, 5.41) is 9.01. The van der Waals surface area contributed by atoms with E-state index in [1.165, 1.54) is 4.88 Å². The smallest absolute Gasteiger partial charge is 0.315 e. The van der Waals surface area contributed by atoms with Crippen LogP contribution < -0.4 is 10.6 Å². The topological polar surface area (TPSA) is 59.2 Å². The number of fused-ring (bicyclic) bond motifs is 1. The van der Waals surface area contributed by atoms with Gasteiger partial charge in [-0.2, -0.15) is 0 Å². The zero-order valence-corrected chi connectivity index (χ0v) is 15.2. The van der Waals surface area contributed by atoms with Crippen molar-refractivity contribution in [3.05, 3.63) is 71.5 Å². The molecule has 0 radical (unpaired) electrons. The molecule has 4 rings (SSSR count). The number of hydrogen-bond donors (Lipinski definition) is 2. The lowest BCUT2D eigenvalue weighted by Crippen LogP contribution is -2.34. The summed E-state index contributed by atoms with van der Waals surface area (Å²) in [6.45, 7) is 0.824. The van der Waals surface area contributed by atoms with Crippen molar-refractivity contribution in [2.45, 2.75) is 13.1 Å². The van der Waals surface area contributed by atoms with Gasteiger partial charge in [0.2, 0.25) is 0 Å². The molecule has 0 atom stereocenters. The van der Waals surface area contributed by atoms with Crippen LogP contribution in [0.4, 0.5) is 4.79 Å². The normalized spacial score (nSPS) is 11.0. The summed E-state index contributed by atoms with van der Waals surface area (Å²) >= 11 is 1.70. The lowest BCUT2D eigenvalue weighted by Gasteiger charge is -2.09. The van der Waals surface area contributed by atoms with Crippen LogP contribution in [0.15, 0.2) is 64.6 Å². The van der Waals surface area contributed by atoms with E-state index in [0.29, 0.717) is 13.1 Å². The van der Waals surface area contributed by atoms with Gasteiger partial charge in [-0.05, 0) is 29.6 Å². The van der Waals surface area contributed by atoms with Crippen LogP contribution in [0, 0.1) is 0 Å². The van der Waals surface area contributed by atoms with Crippen LogP contribution in [-0.4, -0.2) is 10.6 Å². The number of urea groups is 1. The highest BCUT2D eigenvalue weighted by Crippen LogP contribution is 2.35. The molecular formula is C20H19N3O2S. The number of amides is 2. The average Bonchev–Trinajstić information content (AvgIpc) is 3.40. The number of nitrogens with zero attached hydrogens (tertiary/aromatic N) is 1. The van der Waals surface area contributed by atoms with Crippen molar-refractivity contribution in [2.75, 3.05) is 0 Å². The second kappa shape index (κ2) is 7.09. The zero-order valence-electron chi connectivity index (χ0n) is 14.4. The number of benzene rings is 1. The van der Waals surface area contributed by atoms with E-state index in [2.05, 4.69) is 45.8 Å². The van der Waals surface area contributed by atoms with Gasteiger partial charge < -0.3 is 19.6 Å². The Morgan fingerprint density at radius 3 is 2.69 bits per heavy atom. The number of thiophene rings is 1. The Hall–Kier alpha value is -2.99. The molecule has 0 spiro atoms. The van der Waals surface area contributed by atoms with Crippen molar-refractivity contribution < 1.29 is 9.21 Å². The number of hydrogen-bond acceptors (Lipinski definition) is 3. The lowest BCUT2D eigenvalue weighted by atomic mass is 10.1. The standard InChI is InChI=1S/C20H19N3O2S/c1-23-17-8-3-2-7-15(17)16(19(23)18-9-5-11-26-18)13-22-20(24)21-12-14-6-4-10-25-14/h2-11H,12-13H2,1H3,(H2,21,22,24). The van der Waals surface area contributed by atoms with Gasteiger partial charge in [0, 0.05) is 30.1 Å². The van der Waals surface area contributed by atoms with Gasteiger partial charge in [0.1, 0.15) is 5.76 Å². The molecule has 4 aromatic rings. The summed E-state index contributed by atoms with van der Waals surface area (Å²) in [4.78, 5) is 13.4. The Kier molecular flexibility index (Phi) is 4.50. The van der Waals surface area contributed by atoms with E-state index in [-0.39, 0.29) is 6.03 Å². The zero-order chi connectivity index (χ0) is 17.9. The molecule has 26 heavy (non-hydrogen) atoms. The van der Waals surface area contributed by atoms with Crippen LogP contribution in [0.1, 0.15) is 11.3 Å². The van der Waals surface area contributed by atoms with Crippen LogP contribution in [0.3, 0.4) is 0 Å². The first-order valence-corrected chi connectivity index (χ1v) is 9.26. The summed E-state index contributed by atoms with van der Waals surface area (Å²) < 4.78 is 7.42. The van der Waals surface area contributed by atoms with Gasteiger partial charge in [0.15, 0.2) is 0 Å². The Bertz CT molecular complexity index is 1020. The molecule has 0 aliphatic carbocycles. The quantitative estimate of drug-likeness (QED) is 0.547. The Labute approximate surface area is 155 Å². The Morgan fingerprint density at radius 1 is 1.08 bits per heavy atom. The number of rotatable bonds is 5. The second-order valence-corrected chi connectivity index (χ2v) is 6.94. The van der Waals surface area contributed by atoms with Crippen molar-refractivity contribution in [1.29, 1.82) is 0 Å². The van der Waals surface area contributed by atoms with E-state index in [1.54, 1.807) is 23.7 Å². The van der Waals surface area contributed by atoms with Crippen LogP contribution in [-0.2, 0) is 20.1 Å². The number of carbonyl (C=O) groups is 1. The first-order valence-electron chi connectivity index (χ1n) is 8.38. The summed E-state index contributed by atoms with van der Waals surface area (Å²) in [6, 6.07) is 15.8. The third kappa shape index (κ3) is 3.11. The van der Waals surface area contributed by atoms with Crippen LogP contribution in [0.5, 0.6) is 0 Å². The highest BCUT2D eigenvalue weighted by Gasteiger charge is 2.17. The number of carbonyl (C=O) groups excluding carboxylic acids is 1. The first-order chi connectivity index (χ1) is 12.7. The van der Waals surface area contributed by atoms with Gasteiger partial charge in [0.25, 0.3) is 0 Å². The monoisotopic (exact) mass is 365 g/mol. The molecule has 3 aromatic heterocycles. The fourth-order valence-electron chi connectivity index (χ4n) is 3.19. The number of aromatic nitrogens is 1. The molecule has 6 heteroatoms. The summed E-state index contributed by atoms with van der Waals surface area (Å²) in [6.07, 6.45) is 1.60. The number of aryl methyl sites for hydroxylation is 1. The van der Waals surface area contributed by atoms with Crippen molar-refractivity contribution in [2.24, 2.45) is 7.05 Å². The van der Waals surface area contributed by atoms with Crippen LogP contribution >= 0.6 is 11.3 Å². The van der Waals surface area contributed by atoms with Gasteiger partial charge >= 0.3 is 6.03 Å². The molecule has 0 bridgehead atoms. The molecule has 5 nitrogen and oxygen atoms in total. The van der Waals surface area contributed by atoms with Crippen molar-refractivity contribution >= 4 is 28.3 Å². The number of furan rings is 1. The Morgan fingerprint density at radius 2 is 1.92 bits per heavy atom. The van der Waals surface area contributed by atoms with Crippen molar-refractivity contribution in [3.63, 3.8) is 0 Å². The molecule has 0 aliphatic heterocycles. The maximum absolute atomic E-state index is 12.2. The molecule has 0 saturated carbocycles. The minimum atomic E-state index is -0.216. The van der Waals surface area contributed by atoms with E-state index < -0.39 is 0 Å². The molecule has 1 aromatic carbocycles. The second-order valence-electron chi connectivity index (χ2n) is 6.00. The van der Waals surface area contributed by atoms with Crippen molar-refractivity contribution in [3.8, 4) is 10.6 Å². The van der Waals surface area contributed by atoms with Crippen LogP contribution in [0.2, 0.25) is 0 Å². The predicted octanol–water partition coefficient (Wildman–Crippen LogP) is 4.50. The number of para-hydroxylation sites is 1. The van der Waals surface area contributed by atoms with E-state index in [9.17, 15) is 4.79 Å². The maximum atomic E-state index is 12.2. The maximum Gasteiger partial charge on any atom is 0.315 e. The van der Waals surface area contributed by atoms with Gasteiger partial charge in [-0.15, -0.1) is 11.3 Å². The highest BCUT2D eigenvalue weighted by molar-refractivity contribution is 7.13. The van der Waals surface area contributed by atoms with E-state index in [0.717, 1.165) is 27.9 Å². The molecule has 3 heterocycles. The molecule has 0 unspecified atom stereocenters. The van der Waals surface area contributed by atoms with E-state index in [1.807, 2.05) is 24.3 Å². The lowest BCUT2D eigenvalue weighted by molar-refractivity contribution is 0.239. The van der Waals surface area contributed by atoms with E-state index >= 15 is 0 Å². The van der Waals surface area contributed by atoms with Gasteiger partial charge in [-0.25, -0.2) is 4.79 Å². The molecular weight excluding hydrogens is 346 g/mol. The minimum Gasteiger partial charge on any atom is -0.467 e. The SMILES string of the molecule is Cn1c(-c2cccs2)c(CNC(=O)NCc2ccco2)c2ccccc21. The van der Waals surface area contributed by atoms with Gasteiger partial charge in [-0.3, -0.25) is 0 Å². The highest BCUT2D eigenvalue weighted by atomic mass is 32.1. The minimum absolute atomic E-state index is 0.216. The molecule has 0 aliphatic rings. The fraction of sp³-hybridized carbons (Fsp3) is 0.150. The fourth-order valence-corrected chi connectivity index (χ4v) is 4.02. The largest absolute Gasteiger partial charge is 0.467 e. The Balaban J connectivity index is 1.57. The summed E-state index contributed by atoms with van der Waals surface area (Å²) in [5.74, 6) is 0.726. The van der Waals surface area contributed by atoms with Crippen molar-refractivity contribution in [1.82, 2.24) is 15.2 Å². The predicted molar refractivity (Wildman–Crippen MR) is 104 cm³/mol. The molecule has 132 valence electrons. The summed E-state index contributed by atoms with van der Waals surface area (Å²) in [7, 11) is 2.07. The first kappa shape index (κ1) is 16.5. The summed E-state index contributed by atoms with van der Waals surface area (Å²) in [5.41, 5.74) is 3.43. The third-order valence-electron chi connectivity index (χ3n) is 4.40. The van der Waals surface area contributed by atoms with E-state index in [4.69, 9.17) is 4.42 Å². The van der Waals surface area contributed by atoms with Gasteiger partial charge in [0.05, 0.1) is 23.4 Å². The van der Waals surface area contributed by atoms with Crippen LogP contribution in [0.25, 0.3) is 21.5 Å². The molecule has 0 saturated heterocycles. The van der Waals surface area contributed by atoms with Gasteiger partial charge in [-0.1, -0.05) is 24.3 Å². The third-order valence-corrected chi connectivity index (χ3v) is 5.27. The molecule has 2 amide bonds.